The molecular weight excluding hydrogens is 422 g/mol. The summed E-state index contributed by atoms with van der Waals surface area (Å²) in [6, 6.07) is 15.7. The van der Waals surface area contributed by atoms with Crippen molar-refractivity contribution in [2.75, 3.05) is 0 Å². The van der Waals surface area contributed by atoms with Crippen molar-refractivity contribution in [3.63, 3.8) is 0 Å². The smallest absolute Gasteiger partial charge is 0.181 e. The standard InChI is InChI=1S/C24H19Cl2FN2O/c1-2-21-24(29-12-11-17(25)13-23(29)28-21)22(30)10-5-15-3-6-16(7-4-15)19-9-8-18(27)14-20(19)26/h3-4,6-9,11-14H,2,5,10H2,1H3. The molecular formula is C24H19Cl2FN2O. The van der Waals surface area contributed by atoms with Gasteiger partial charge in [-0.05, 0) is 48.2 Å². The van der Waals surface area contributed by atoms with Crippen LogP contribution in [0, 0.1) is 5.82 Å². The van der Waals surface area contributed by atoms with Gasteiger partial charge in [-0.2, -0.15) is 0 Å². The summed E-state index contributed by atoms with van der Waals surface area (Å²) in [5.74, 6) is -0.313. The van der Waals surface area contributed by atoms with Gasteiger partial charge < -0.3 is 0 Å². The van der Waals surface area contributed by atoms with E-state index in [1.54, 1.807) is 24.4 Å². The summed E-state index contributed by atoms with van der Waals surface area (Å²) in [6.45, 7) is 1.99. The van der Waals surface area contributed by atoms with E-state index in [0.717, 1.165) is 22.4 Å². The van der Waals surface area contributed by atoms with E-state index in [9.17, 15) is 9.18 Å². The summed E-state index contributed by atoms with van der Waals surface area (Å²) in [5, 5.41) is 0.966. The molecule has 6 heteroatoms. The lowest BCUT2D eigenvalue weighted by Gasteiger charge is -2.07. The van der Waals surface area contributed by atoms with Crippen molar-refractivity contribution in [3.8, 4) is 11.1 Å². The molecule has 0 N–H and O–H groups in total. The van der Waals surface area contributed by atoms with E-state index in [4.69, 9.17) is 23.2 Å². The highest BCUT2D eigenvalue weighted by Crippen LogP contribution is 2.29. The number of aromatic nitrogens is 2. The number of Topliss-reactive ketones (excluding diaryl/α,β-unsaturated/α-hetero) is 1. The fourth-order valence-corrected chi connectivity index (χ4v) is 3.99. The molecule has 2 aromatic carbocycles. The van der Waals surface area contributed by atoms with E-state index in [0.29, 0.717) is 40.6 Å². The average molecular weight is 441 g/mol. The Labute approximate surface area is 184 Å². The highest BCUT2D eigenvalue weighted by Gasteiger charge is 2.18. The molecule has 4 rings (SSSR count). The summed E-state index contributed by atoms with van der Waals surface area (Å²) >= 11 is 12.2. The molecule has 2 aromatic heterocycles. The lowest BCUT2D eigenvalue weighted by Crippen LogP contribution is -2.08. The molecule has 152 valence electrons. The van der Waals surface area contributed by atoms with E-state index in [1.807, 2.05) is 35.6 Å². The number of ketones is 1. The zero-order valence-electron chi connectivity index (χ0n) is 16.3. The molecule has 0 saturated heterocycles. The first-order chi connectivity index (χ1) is 14.5. The van der Waals surface area contributed by atoms with Gasteiger partial charge in [0, 0.05) is 29.3 Å². The summed E-state index contributed by atoms with van der Waals surface area (Å²) in [4.78, 5) is 17.5. The average Bonchev–Trinajstić information content (AvgIpc) is 3.10. The number of halogens is 3. The van der Waals surface area contributed by atoms with Crippen LogP contribution in [0.5, 0.6) is 0 Å². The second-order valence-electron chi connectivity index (χ2n) is 7.08. The molecule has 0 spiro atoms. The van der Waals surface area contributed by atoms with Gasteiger partial charge in [0.25, 0.3) is 0 Å². The van der Waals surface area contributed by atoms with Crippen LogP contribution in [0.1, 0.15) is 35.1 Å². The highest BCUT2D eigenvalue weighted by molar-refractivity contribution is 6.33. The van der Waals surface area contributed by atoms with Gasteiger partial charge in [0.05, 0.1) is 10.7 Å². The predicted molar refractivity (Wildman–Crippen MR) is 119 cm³/mol. The molecule has 30 heavy (non-hydrogen) atoms. The molecule has 0 aliphatic rings. The number of hydrogen-bond donors (Lipinski definition) is 0. The monoisotopic (exact) mass is 440 g/mol. The number of nitrogens with zero attached hydrogens (tertiary/aromatic N) is 2. The van der Waals surface area contributed by atoms with Crippen LogP contribution in [0.25, 0.3) is 16.8 Å². The molecule has 0 fully saturated rings. The Kier molecular flexibility index (Phi) is 5.89. The van der Waals surface area contributed by atoms with Crippen LogP contribution < -0.4 is 0 Å². The van der Waals surface area contributed by atoms with Crippen molar-refractivity contribution in [2.24, 2.45) is 0 Å². The van der Waals surface area contributed by atoms with Crippen LogP contribution >= 0.6 is 23.2 Å². The fraction of sp³-hybridized carbons (Fsp3) is 0.167. The second kappa shape index (κ2) is 8.58. The fourth-order valence-electron chi connectivity index (χ4n) is 3.56. The molecule has 0 atom stereocenters. The molecule has 0 bridgehead atoms. The van der Waals surface area contributed by atoms with E-state index in [1.165, 1.54) is 12.1 Å². The van der Waals surface area contributed by atoms with Gasteiger partial charge in [0.1, 0.15) is 17.2 Å². The molecule has 0 saturated carbocycles. The molecule has 0 radical (unpaired) electrons. The van der Waals surface area contributed by atoms with Gasteiger partial charge >= 0.3 is 0 Å². The molecule has 4 aromatic rings. The van der Waals surface area contributed by atoms with Gasteiger partial charge in [-0.3, -0.25) is 9.20 Å². The number of fused-ring (bicyclic) bond motifs is 1. The van der Waals surface area contributed by atoms with Crippen molar-refractivity contribution in [1.82, 2.24) is 9.38 Å². The Morgan fingerprint density at radius 3 is 2.53 bits per heavy atom. The number of carbonyl (C=O) groups is 1. The number of carbonyl (C=O) groups excluding carboxylic acids is 1. The maximum atomic E-state index is 13.3. The van der Waals surface area contributed by atoms with Crippen LogP contribution in [0.4, 0.5) is 4.39 Å². The van der Waals surface area contributed by atoms with Gasteiger partial charge in [0.15, 0.2) is 5.78 Å². The predicted octanol–water partition coefficient (Wildman–Crippen LogP) is 6.83. The van der Waals surface area contributed by atoms with E-state index < -0.39 is 0 Å². The molecule has 0 unspecified atom stereocenters. The van der Waals surface area contributed by atoms with E-state index in [-0.39, 0.29) is 11.6 Å². The van der Waals surface area contributed by atoms with Crippen molar-refractivity contribution in [3.05, 3.63) is 93.6 Å². The normalized spacial score (nSPS) is 11.2. The van der Waals surface area contributed by atoms with Crippen LogP contribution in [0.15, 0.2) is 60.8 Å². The zero-order chi connectivity index (χ0) is 21.3. The van der Waals surface area contributed by atoms with E-state index in [2.05, 4.69) is 4.98 Å². The maximum Gasteiger partial charge on any atom is 0.181 e. The largest absolute Gasteiger partial charge is 0.297 e. The van der Waals surface area contributed by atoms with Gasteiger partial charge in [0.2, 0.25) is 0 Å². The van der Waals surface area contributed by atoms with Crippen LogP contribution in [0.3, 0.4) is 0 Å². The Balaban J connectivity index is 1.51. The third-order valence-electron chi connectivity index (χ3n) is 5.10. The minimum absolute atomic E-state index is 0.0485. The Morgan fingerprint density at radius 1 is 1.07 bits per heavy atom. The first kappa shape index (κ1) is 20.6. The minimum atomic E-state index is -0.361. The second-order valence-corrected chi connectivity index (χ2v) is 7.92. The Hall–Kier alpha value is -2.69. The van der Waals surface area contributed by atoms with Crippen LogP contribution in [0.2, 0.25) is 10.0 Å². The number of hydrogen-bond acceptors (Lipinski definition) is 2. The van der Waals surface area contributed by atoms with Gasteiger partial charge in [-0.25, -0.2) is 9.37 Å². The lowest BCUT2D eigenvalue weighted by molar-refractivity contribution is 0.0976. The summed E-state index contributed by atoms with van der Waals surface area (Å²) < 4.78 is 15.1. The van der Waals surface area contributed by atoms with Gasteiger partial charge in [-0.1, -0.05) is 54.4 Å². The first-order valence-electron chi connectivity index (χ1n) is 9.70. The van der Waals surface area contributed by atoms with Gasteiger partial charge in [-0.15, -0.1) is 0 Å². The maximum absolute atomic E-state index is 13.3. The van der Waals surface area contributed by atoms with Crippen molar-refractivity contribution < 1.29 is 9.18 Å². The minimum Gasteiger partial charge on any atom is -0.297 e. The summed E-state index contributed by atoms with van der Waals surface area (Å²) in [5.41, 5.74) is 4.81. The molecule has 0 amide bonds. The third kappa shape index (κ3) is 4.11. The Morgan fingerprint density at radius 2 is 1.83 bits per heavy atom. The highest BCUT2D eigenvalue weighted by atomic mass is 35.5. The van der Waals surface area contributed by atoms with E-state index >= 15 is 0 Å². The Bertz CT molecular complexity index is 1230. The zero-order valence-corrected chi connectivity index (χ0v) is 17.8. The lowest BCUT2D eigenvalue weighted by atomic mass is 10.0. The molecule has 2 heterocycles. The molecule has 3 nitrogen and oxygen atoms in total. The third-order valence-corrected chi connectivity index (χ3v) is 5.64. The van der Waals surface area contributed by atoms with Crippen molar-refractivity contribution >= 4 is 34.6 Å². The topological polar surface area (TPSA) is 34.4 Å². The van der Waals surface area contributed by atoms with Crippen LogP contribution in [-0.4, -0.2) is 15.2 Å². The number of benzene rings is 2. The number of pyridine rings is 1. The SMILES string of the molecule is CCc1nc2cc(Cl)ccn2c1C(=O)CCc1ccc(-c2ccc(F)cc2Cl)cc1. The van der Waals surface area contributed by atoms with Crippen LogP contribution in [-0.2, 0) is 12.8 Å². The summed E-state index contributed by atoms with van der Waals surface area (Å²) in [6.07, 6.45) is 3.45. The van der Waals surface area contributed by atoms with Crippen molar-refractivity contribution in [1.29, 1.82) is 0 Å². The number of aryl methyl sites for hydroxylation is 2. The quantitative estimate of drug-likeness (QED) is 0.308. The van der Waals surface area contributed by atoms with Crippen molar-refractivity contribution in [2.45, 2.75) is 26.2 Å². The number of rotatable bonds is 6. The first-order valence-corrected chi connectivity index (χ1v) is 10.5. The molecule has 0 aliphatic carbocycles. The number of imidazole rings is 1. The summed E-state index contributed by atoms with van der Waals surface area (Å²) in [7, 11) is 0. The molecule has 0 aliphatic heterocycles.